The lowest BCUT2D eigenvalue weighted by atomic mass is 9.95. The highest BCUT2D eigenvalue weighted by Crippen LogP contribution is 2.39. The molecule has 1 N–H and O–H groups in total. The molecule has 170 valence electrons. The summed E-state index contributed by atoms with van der Waals surface area (Å²) in [6.07, 6.45) is 0. The third kappa shape index (κ3) is 4.86. The highest BCUT2D eigenvalue weighted by molar-refractivity contribution is 6.46. The van der Waals surface area contributed by atoms with Gasteiger partial charge in [0, 0.05) is 18.7 Å². The quantitative estimate of drug-likeness (QED) is 0.363. The van der Waals surface area contributed by atoms with Gasteiger partial charge in [-0.05, 0) is 44.6 Å². The first kappa shape index (κ1) is 23.5. The smallest absolute Gasteiger partial charge is 0.295 e. The van der Waals surface area contributed by atoms with Crippen LogP contribution in [0.4, 0.5) is 0 Å². The van der Waals surface area contributed by atoms with Crippen molar-refractivity contribution in [3.05, 3.63) is 70.8 Å². The van der Waals surface area contributed by atoms with Crippen LogP contribution < -0.4 is 4.74 Å². The van der Waals surface area contributed by atoms with E-state index in [0.717, 1.165) is 30.0 Å². The minimum absolute atomic E-state index is 0.127. The Hall–Kier alpha value is -3.12. The lowest BCUT2D eigenvalue weighted by molar-refractivity contribution is -0.140. The molecule has 1 atom stereocenters. The predicted molar refractivity (Wildman–Crippen MR) is 126 cm³/mol. The summed E-state index contributed by atoms with van der Waals surface area (Å²) >= 11 is 0. The number of ketones is 1. The normalized spacial score (nSPS) is 17.9. The second kappa shape index (κ2) is 10.5. The molecular formula is C26H32N2O4. The van der Waals surface area contributed by atoms with E-state index in [1.807, 2.05) is 50.2 Å². The molecule has 1 amide bonds. The Labute approximate surface area is 190 Å². The molecule has 0 unspecified atom stereocenters. The van der Waals surface area contributed by atoms with Crippen molar-refractivity contribution < 1.29 is 19.4 Å². The van der Waals surface area contributed by atoms with Gasteiger partial charge in [-0.1, -0.05) is 55.8 Å². The molecule has 0 spiro atoms. The molecule has 1 aliphatic heterocycles. The van der Waals surface area contributed by atoms with Crippen LogP contribution in [0.1, 0.15) is 43.5 Å². The van der Waals surface area contributed by atoms with Crippen molar-refractivity contribution in [2.45, 2.75) is 33.7 Å². The molecule has 2 aromatic carbocycles. The van der Waals surface area contributed by atoms with Gasteiger partial charge in [0.1, 0.15) is 11.5 Å². The lowest BCUT2D eigenvalue weighted by Gasteiger charge is -2.28. The number of likely N-dealkylation sites (tertiary alicyclic amines) is 1. The molecule has 0 bridgehead atoms. The highest BCUT2D eigenvalue weighted by Gasteiger charge is 2.45. The number of amides is 1. The lowest BCUT2D eigenvalue weighted by Crippen LogP contribution is -2.38. The number of rotatable bonds is 9. The molecule has 3 rings (SSSR count). The minimum Gasteiger partial charge on any atom is -0.507 e. The zero-order valence-electron chi connectivity index (χ0n) is 19.3. The van der Waals surface area contributed by atoms with Crippen LogP contribution in [0.2, 0.25) is 0 Å². The van der Waals surface area contributed by atoms with Crippen molar-refractivity contribution >= 4 is 17.4 Å². The molecule has 0 aromatic heterocycles. The van der Waals surface area contributed by atoms with Gasteiger partial charge in [-0.15, -0.1) is 0 Å². The number of carbonyl (C=O) groups excluding carboxylic acids is 2. The number of hydrogen-bond acceptors (Lipinski definition) is 5. The van der Waals surface area contributed by atoms with Gasteiger partial charge in [0.2, 0.25) is 0 Å². The van der Waals surface area contributed by atoms with Gasteiger partial charge in [0.15, 0.2) is 0 Å². The van der Waals surface area contributed by atoms with Crippen LogP contribution in [-0.4, -0.2) is 59.4 Å². The summed E-state index contributed by atoms with van der Waals surface area (Å²) in [5.41, 5.74) is 2.46. The number of hydrogen-bond donors (Lipinski definition) is 1. The summed E-state index contributed by atoms with van der Waals surface area (Å²) in [6, 6.07) is 14.0. The fourth-order valence-corrected chi connectivity index (χ4v) is 4.03. The molecule has 0 saturated carbocycles. The van der Waals surface area contributed by atoms with E-state index in [9.17, 15) is 14.7 Å². The van der Waals surface area contributed by atoms with Gasteiger partial charge in [-0.2, -0.15) is 0 Å². The van der Waals surface area contributed by atoms with E-state index in [1.165, 1.54) is 0 Å². The van der Waals surface area contributed by atoms with Gasteiger partial charge >= 0.3 is 0 Å². The molecule has 0 aliphatic carbocycles. The zero-order valence-corrected chi connectivity index (χ0v) is 19.3. The summed E-state index contributed by atoms with van der Waals surface area (Å²) in [5, 5.41) is 11.1. The molecule has 6 nitrogen and oxygen atoms in total. The van der Waals surface area contributed by atoms with Crippen molar-refractivity contribution in [3.8, 4) is 5.75 Å². The van der Waals surface area contributed by atoms with Crippen molar-refractivity contribution in [3.63, 3.8) is 0 Å². The summed E-state index contributed by atoms with van der Waals surface area (Å²) in [5.74, 6) is -0.659. The molecule has 1 saturated heterocycles. The number of Topliss-reactive ketones (excluding diaryl/α,β-unsaturated/α-hetero) is 1. The Balaban J connectivity index is 2.06. The zero-order chi connectivity index (χ0) is 23.3. The second-order valence-electron chi connectivity index (χ2n) is 7.89. The average Bonchev–Trinajstić information content (AvgIpc) is 3.05. The Bertz CT molecular complexity index is 976. The van der Waals surface area contributed by atoms with Gasteiger partial charge in [-0.25, -0.2) is 0 Å². The summed E-state index contributed by atoms with van der Waals surface area (Å²) in [7, 11) is 0. The number of carbonyl (C=O) groups is 2. The van der Waals surface area contributed by atoms with E-state index in [2.05, 4.69) is 18.7 Å². The first-order chi connectivity index (χ1) is 15.4. The van der Waals surface area contributed by atoms with Crippen LogP contribution in [0.5, 0.6) is 5.75 Å². The average molecular weight is 437 g/mol. The number of benzene rings is 2. The fourth-order valence-electron chi connectivity index (χ4n) is 4.03. The van der Waals surface area contributed by atoms with E-state index in [-0.39, 0.29) is 11.3 Å². The maximum Gasteiger partial charge on any atom is 0.295 e. The molecular weight excluding hydrogens is 404 g/mol. The summed E-state index contributed by atoms with van der Waals surface area (Å²) in [4.78, 5) is 29.9. The Kier molecular flexibility index (Phi) is 7.70. The SMILES string of the molecule is CCOc1ccc([C@H]2C(=C(O)c3ccc(C)cc3)C(=O)C(=O)N2CCN(CC)CC)cc1. The van der Waals surface area contributed by atoms with Crippen molar-refractivity contribution in [1.29, 1.82) is 0 Å². The van der Waals surface area contributed by atoms with Gasteiger partial charge < -0.3 is 19.6 Å². The maximum absolute atomic E-state index is 13.1. The van der Waals surface area contributed by atoms with Crippen LogP contribution in [-0.2, 0) is 9.59 Å². The van der Waals surface area contributed by atoms with Crippen LogP contribution in [0, 0.1) is 6.92 Å². The maximum atomic E-state index is 13.1. The number of likely N-dealkylation sites (N-methyl/N-ethyl adjacent to an activating group) is 1. The summed E-state index contributed by atoms with van der Waals surface area (Å²) < 4.78 is 5.54. The summed E-state index contributed by atoms with van der Waals surface area (Å²) in [6.45, 7) is 11.3. The van der Waals surface area contributed by atoms with Crippen LogP contribution in [0.25, 0.3) is 5.76 Å². The molecule has 1 heterocycles. The molecule has 32 heavy (non-hydrogen) atoms. The Morgan fingerprint density at radius 1 is 1.00 bits per heavy atom. The molecule has 0 radical (unpaired) electrons. The molecule has 1 fully saturated rings. The first-order valence-corrected chi connectivity index (χ1v) is 11.2. The van der Waals surface area contributed by atoms with E-state index in [4.69, 9.17) is 4.74 Å². The number of aliphatic hydroxyl groups is 1. The second-order valence-corrected chi connectivity index (χ2v) is 7.89. The van der Waals surface area contributed by atoms with E-state index in [1.54, 1.807) is 17.0 Å². The molecule has 2 aromatic rings. The van der Waals surface area contributed by atoms with E-state index < -0.39 is 17.7 Å². The van der Waals surface area contributed by atoms with Crippen molar-refractivity contribution in [1.82, 2.24) is 9.80 Å². The molecule has 6 heteroatoms. The van der Waals surface area contributed by atoms with Crippen LogP contribution >= 0.6 is 0 Å². The number of aliphatic hydroxyl groups excluding tert-OH is 1. The Morgan fingerprint density at radius 2 is 1.62 bits per heavy atom. The number of nitrogens with zero attached hydrogens (tertiary/aromatic N) is 2. The fraction of sp³-hybridized carbons (Fsp3) is 0.385. The standard InChI is InChI=1S/C26H32N2O4/c1-5-27(6-2)16-17-28-23(19-12-14-21(15-13-19)32-7-3)22(25(30)26(28)31)24(29)20-10-8-18(4)9-11-20/h8-15,23,29H,5-7,16-17H2,1-4H3/t23-/m0/s1. The monoisotopic (exact) mass is 436 g/mol. The molecule has 1 aliphatic rings. The largest absolute Gasteiger partial charge is 0.507 e. The van der Waals surface area contributed by atoms with Gasteiger partial charge in [-0.3, -0.25) is 9.59 Å². The highest BCUT2D eigenvalue weighted by atomic mass is 16.5. The third-order valence-electron chi connectivity index (χ3n) is 5.92. The first-order valence-electron chi connectivity index (χ1n) is 11.2. The van der Waals surface area contributed by atoms with E-state index in [0.29, 0.717) is 25.3 Å². The number of aryl methyl sites for hydroxylation is 1. The minimum atomic E-state index is -0.651. The van der Waals surface area contributed by atoms with Gasteiger partial charge in [0.05, 0.1) is 18.2 Å². The topological polar surface area (TPSA) is 70.1 Å². The van der Waals surface area contributed by atoms with Crippen LogP contribution in [0.3, 0.4) is 0 Å². The number of ether oxygens (including phenoxy) is 1. The third-order valence-corrected chi connectivity index (χ3v) is 5.92. The van der Waals surface area contributed by atoms with Gasteiger partial charge in [0.25, 0.3) is 11.7 Å². The van der Waals surface area contributed by atoms with E-state index >= 15 is 0 Å². The van der Waals surface area contributed by atoms with Crippen LogP contribution in [0.15, 0.2) is 54.1 Å². The van der Waals surface area contributed by atoms with Crippen molar-refractivity contribution in [2.75, 3.05) is 32.8 Å². The predicted octanol–water partition coefficient (Wildman–Crippen LogP) is 4.16. The van der Waals surface area contributed by atoms with Crippen molar-refractivity contribution in [2.24, 2.45) is 0 Å². The Morgan fingerprint density at radius 3 is 2.19 bits per heavy atom.